The molecule has 2 fully saturated rings. The Balaban J connectivity index is 1.63. The van der Waals surface area contributed by atoms with E-state index in [4.69, 9.17) is 4.74 Å². The van der Waals surface area contributed by atoms with Gasteiger partial charge in [0, 0.05) is 25.8 Å². The molecule has 2 aliphatic rings. The van der Waals surface area contributed by atoms with Gasteiger partial charge < -0.3 is 9.64 Å². The van der Waals surface area contributed by atoms with Gasteiger partial charge in [0.15, 0.2) is 0 Å². The van der Waals surface area contributed by atoms with Gasteiger partial charge in [0.05, 0.1) is 5.75 Å². The Hall–Kier alpha value is -0.950. The third-order valence-corrected chi connectivity index (χ3v) is 6.84. The van der Waals surface area contributed by atoms with Crippen LogP contribution in [-0.4, -0.2) is 52.2 Å². The van der Waals surface area contributed by atoms with Gasteiger partial charge in [0.25, 0.3) is 0 Å². The summed E-state index contributed by atoms with van der Waals surface area (Å²) in [5.74, 6) is 0.912. The molecule has 1 aromatic carbocycles. The number of sulfonamides is 1. The maximum absolute atomic E-state index is 12.7. The van der Waals surface area contributed by atoms with E-state index in [1.807, 2.05) is 30.3 Å². The number of hydrogen-bond acceptors (Lipinski definition) is 4. The van der Waals surface area contributed by atoms with Gasteiger partial charge >= 0.3 is 0 Å². The number of benzene rings is 1. The number of likely N-dealkylation sites (tertiary alicyclic amines) is 1. The largest absolute Gasteiger partial charge is 0.385 e. The Morgan fingerprint density at radius 2 is 1.88 bits per heavy atom. The fourth-order valence-electron chi connectivity index (χ4n) is 3.69. The van der Waals surface area contributed by atoms with E-state index in [9.17, 15) is 8.42 Å². The van der Waals surface area contributed by atoms with E-state index in [-0.39, 0.29) is 11.3 Å². The molecule has 0 atom stereocenters. The topological polar surface area (TPSA) is 58.6 Å². The first kappa shape index (κ1) is 18.8. The van der Waals surface area contributed by atoms with Crippen molar-refractivity contribution in [1.82, 2.24) is 9.62 Å². The van der Waals surface area contributed by atoms with Crippen molar-refractivity contribution in [3.63, 3.8) is 0 Å². The fraction of sp³-hybridized carbons (Fsp3) is 0.684. The van der Waals surface area contributed by atoms with Crippen molar-refractivity contribution in [2.45, 2.75) is 43.4 Å². The first-order chi connectivity index (χ1) is 12.0. The molecular formula is C19H30N2O3S. The van der Waals surface area contributed by atoms with E-state index in [0.717, 1.165) is 43.8 Å². The van der Waals surface area contributed by atoms with Crippen LogP contribution in [0, 0.1) is 5.92 Å². The third-order valence-electron chi connectivity index (χ3n) is 5.38. The van der Waals surface area contributed by atoms with Crippen molar-refractivity contribution in [2.75, 3.05) is 33.4 Å². The van der Waals surface area contributed by atoms with Crippen LogP contribution < -0.4 is 4.72 Å². The number of hydrogen-bond donors (Lipinski definition) is 1. The van der Waals surface area contributed by atoms with Gasteiger partial charge in [-0.1, -0.05) is 30.3 Å². The summed E-state index contributed by atoms with van der Waals surface area (Å²) >= 11 is 0. The molecule has 1 aliphatic heterocycles. The highest BCUT2D eigenvalue weighted by molar-refractivity contribution is 7.88. The molecule has 140 valence electrons. The maximum atomic E-state index is 12.7. The Labute approximate surface area is 151 Å². The second kappa shape index (κ2) is 8.16. The van der Waals surface area contributed by atoms with Crippen LogP contribution in [0.15, 0.2) is 30.3 Å². The summed E-state index contributed by atoms with van der Waals surface area (Å²) in [7, 11) is -1.70. The third kappa shape index (κ3) is 5.78. The van der Waals surface area contributed by atoms with Gasteiger partial charge in [-0.05, 0) is 56.7 Å². The van der Waals surface area contributed by atoms with Crippen LogP contribution in [0.1, 0.15) is 37.7 Å². The second-order valence-corrected chi connectivity index (χ2v) is 9.34. The zero-order chi connectivity index (χ0) is 17.8. The molecule has 25 heavy (non-hydrogen) atoms. The molecule has 1 saturated heterocycles. The minimum absolute atomic E-state index is 0.0361. The summed E-state index contributed by atoms with van der Waals surface area (Å²) < 4.78 is 33.8. The van der Waals surface area contributed by atoms with Crippen molar-refractivity contribution < 1.29 is 13.2 Å². The molecule has 1 heterocycles. The van der Waals surface area contributed by atoms with Crippen LogP contribution in [0.2, 0.25) is 0 Å². The minimum Gasteiger partial charge on any atom is -0.385 e. The first-order valence-corrected chi connectivity index (χ1v) is 10.9. The van der Waals surface area contributed by atoms with Gasteiger partial charge in [-0.3, -0.25) is 0 Å². The van der Waals surface area contributed by atoms with E-state index in [1.54, 1.807) is 7.11 Å². The molecule has 1 N–H and O–H groups in total. The Bertz CT molecular complexity index is 636. The zero-order valence-corrected chi connectivity index (χ0v) is 15.9. The van der Waals surface area contributed by atoms with Gasteiger partial charge in [-0.15, -0.1) is 0 Å². The Morgan fingerprint density at radius 3 is 2.48 bits per heavy atom. The lowest BCUT2D eigenvalue weighted by Gasteiger charge is -2.42. The zero-order valence-electron chi connectivity index (χ0n) is 15.1. The van der Waals surface area contributed by atoms with Crippen LogP contribution in [0.25, 0.3) is 0 Å². The molecular weight excluding hydrogens is 336 g/mol. The molecule has 0 amide bonds. The number of piperidine rings is 1. The maximum Gasteiger partial charge on any atom is 0.216 e. The summed E-state index contributed by atoms with van der Waals surface area (Å²) in [5.41, 5.74) is 0.451. The Kier molecular flexibility index (Phi) is 6.15. The van der Waals surface area contributed by atoms with Crippen molar-refractivity contribution >= 4 is 10.0 Å². The molecule has 0 spiro atoms. The van der Waals surface area contributed by atoms with Crippen LogP contribution in [0.4, 0.5) is 0 Å². The highest BCUT2D eigenvalue weighted by atomic mass is 32.2. The van der Waals surface area contributed by atoms with Gasteiger partial charge in [-0.25, -0.2) is 13.1 Å². The lowest BCUT2D eigenvalue weighted by Crippen LogP contribution is -2.56. The molecule has 0 aromatic heterocycles. The number of nitrogens with one attached hydrogen (secondary N) is 1. The minimum atomic E-state index is -3.38. The quantitative estimate of drug-likeness (QED) is 0.729. The van der Waals surface area contributed by atoms with Crippen molar-refractivity contribution in [3.05, 3.63) is 35.9 Å². The number of rotatable bonds is 9. The van der Waals surface area contributed by atoms with Gasteiger partial charge in [0.1, 0.15) is 0 Å². The highest BCUT2D eigenvalue weighted by Gasteiger charge is 2.38. The van der Waals surface area contributed by atoms with Crippen molar-refractivity contribution in [2.24, 2.45) is 5.92 Å². The van der Waals surface area contributed by atoms with E-state index < -0.39 is 10.0 Å². The average Bonchev–Trinajstić information content (AvgIpc) is 3.39. The number of nitrogens with zero attached hydrogens (tertiary/aromatic N) is 1. The van der Waals surface area contributed by atoms with Crippen LogP contribution in [0.3, 0.4) is 0 Å². The normalized spacial score (nSPS) is 21.3. The first-order valence-electron chi connectivity index (χ1n) is 9.27. The predicted molar refractivity (Wildman–Crippen MR) is 99.8 cm³/mol. The molecule has 1 saturated carbocycles. The van der Waals surface area contributed by atoms with Crippen LogP contribution in [0.5, 0.6) is 0 Å². The monoisotopic (exact) mass is 366 g/mol. The molecule has 0 bridgehead atoms. The summed E-state index contributed by atoms with van der Waals surface area (Å²) in [4.78, 5) is 2.49. The standard InChI is InChI=1S/C19H30N2O3S/c1-24-14-11-19(9-12-21(13-10-19)15-17-7-8-17)20-25(22,23)16-18-5-3-2-4-6-18/h2-6,17,20H,7-16H2,1H3. The molecule has 0 radical (unpaired) electrons. The summed E-state index contributed by atoms with van der Waals surface area (Å²) in [6.45, 7) is 3.69. The molecule has 0 unspecified atom stereocenters. The van der Waals surface area contributed by atoms with Crippen LogP contribution >= 0.6 is 0 Å². The van der Waals surface area contributed by atoms with E-state index >= 15 is 0 Å². The lowest BCUT2D eigenvalue weighted by atomic mass is 9.85. The summed E-state index contributed by atoms with van der Waals surface area (Å²) in [5, 5.41) is 0. The number of ether oxygens (including phenoxy) is 1. The predicted octanol–water partition coefficient (Wildman–Crippen LogP) is 2.39. The van der Waals surface area contributed by atoms with E-state index in [1.165, 1.54) is 19.4 Å². The highest BCUT2D eigenvalue weighted by Crippen LogP contribution is 2.33. The van der Waals surface area contributed by atoms with E-state index in [0.29, 0.717) is 6.61 Å². The smallest absolute Gasteiger partial charge is 0.216 e. The molecule has 6 heteroatoms. The average molecular weight is 367 g/mol. The number of methoxy groups -OCH3 is 1. The molecule has 1 aliphatic carbocycles. The van der Waals surface area contributed by atoms with E-state index in [2.05, 4.69) is 9.62 Å². The summed E-state index contributed by atoms with van der Waals surface area (Å²) in [6, 6.07) is 9.38. The summed E-state index contributed by atoms with van der Waals surface area (Å²) in [6.07, 6.45) is 5.16. The van der Waals surface area contributed by atoms with Crippen molar-refractivity contribution in [1.29, 1.82) is 0 Å². The second-order valence-electron chi connectivity index (χ2n) is 7.61. The lowest BCUT2D eigenvalue weighted by molar-refractivity contribution is 0.105. The van der Waals surface area contributed by atoms with Crippen LogP contribution in [-0.2, 0) is 20.5 Å². The Morgan fingerprint density at radius 1 is 1.20 bits per heavy atom. The SMILES string of the molecule is COCCC1(NS(=O)(=O)Cc2ccccc2)CCN(CC2CC2)CC1. The molecule has 3 rings (SSSR count). The van der Waals surface area contributed by atoms with Crippen molar-refractivity contribution in [3.8, 4) is 0 Å². The van der Waals surface area contributed by atoms with Gasteiger partial charge in [0.2, 0.25) is 10.0 Å². The van der Waals surface area contributed by atoms with Gasteiger partial charge in [-0.2, -0.15) is 0 Å². The molecule has 1 aromatic rings. The molecule has 5 nitrogen and oxygen atoms in total. The fourth-order valence-corrected chi connectivity index (χ4v) is 5.36.